The van der Waals surface area contributed by atoms with Crippen LogP contribution in [0.1, 0.15) is 5.56 Å². The quantitative estimate of drug-likeness (QED) is 0.429. The van der Waals surface area contributed by atoms with E-state index in [2.05, 4.69) is 29.2 Å². The first-order chi connectivity index (χ1) is 12.8. The largest absolute Gasteiger partial charge is 0.352 e. The lowest BCUT2D eigenvalue weighted by atomic mass is 10.0. The van der Waals surface area contributed by atoms with Gasteiger partial charge in [0.05, 0.1) is 16.6 Å². The monoisotopic (exact) mass is 337 g/mol. The number of nitrogens with one attached hydrogen (secondary N) is 1. The Bertz CT molecular complexity index is 1410. The number of hydrogen-bond donors (Lipinski definition) is 1. The summed E-state index contributed by atoms with van der Waals surface area (Å²) in [4.78, 5) is 21.5. The van der Waals surface area contributed by atoms with Gasteiger partial charge in [-0.1, -0.05) is 42.5 Å². The molecule has 0 bridgehead atoms. The Hall–Kier alpha value is -3.40. The van der Waals surface area contributed by atoms with Crippen LogP contribution in [0.3, 0.4) is 0 Å². The fourth-order valence-corrected chi connectivity index (χ4v) is 4.18. The standard InChI is InChI=1S/C22H15N3O/c26-22-17-11-13-5-1-2-6-14(13)12-19(17)24-21-20-16(9-10-25(21)22)15-7-3-4-8-18(15)23-20/h1-8,11-12,23H,9-10H2. The first kappa shape index (κ1) is 13.8. The van der Waals surface area contributed by atoms with E-state index in [1.165, 1.54) is 10.9 Å². The number of nitrogens with zero attached hydrogens (tertiary/aromatic N) is 2. The Morgan fingerprint density at radius 2 is 1.69 bits per heavy atom. The number of rotatable bonds is 0. The van der Waals surface area contributed by atoms with Crippen LogP contribution in [0.25, 0.3) is 44.1 Å². The van der Waals surface area contributed by atoms with Gasteiger partial charge in [0.15, 0.2) is 5.82 Å². The molecule has 1 aliphatic rings. The van der Waals surface area contributed by atoms with Crippen LogP contribution in [-0.2, 0) is 13.0 Å². The van der Waals surface area contributed by atoms with E-state index in [-0.39, 0.29) is 5.56 Å². The number of aromatic nitrogens is 3. The molecule has 6 rings (SSSR count). The molecule has 0 amide bonds. The zero-order chi connectivity index (χ0) is 17.3. The average molecular weight is 337 g/mol. The second-order valence-electron chi connectivity index (χ2n) is 6.88. The molecule has 5 aromatic rings. The van der Waals surface area contributed by atoms with Crippen LogP contribution in [0.4, 0.5) is 0 Å². The van der Waals surface area contributed by atoms with Crippen LogP contribution in [0.2, 0.25) is 0 Å². The third-order valence-electron chi connectivity index (χ3n) is 5.44. The Kier molecular flexibility index (Phi) is 2.57. The van der Waals surface area contributed by atoms with Gasteiger partial charge in [-0.3, -0.25) is 9.36 Å². The Morgan fingerprint density at radius 1 is 0.923 bits per heavy atom. The van der Waals surface area contributed by atoms with Gasteiger partial charge in [-0.2, -0.15) is 0 Å². The van der Waals surface area contributed by atoms with Crippen LogP contribution in [0.15, 0.2) is 65.5 Å². The van der Waals surface area contributed by atoms with Gasteiger partial charge in [0.1, 0.15) is 0 Å². The first-order valence-corrected chi connectivity index (χ1v) is 8.83. The van der Waals surface area contributed by atoms with Crippen molar-refractivity contribution in [3.63, 3.8) is 0 Å². The number of aryl methyl sites for hydroxylation is 1. The fourth-order valence-electron chi connectivity index (χ4n) is 4.18. The van der Waals surface area contributed by atoms with Crippen molar-refractivity contribution in [1.29, 1.82) is 0 Å². The molecular formula is C22H15N3O. The van der Waals surface area contributed by atoms with Gasteiger partial charge >= 0.3 is 0 Å². The minimum Gasteiger partial charge on any atom is -0.352 e. The summed E-state index contributed by atoms with van der Waals surface area (Å²) in [7, 11) is 0. The zero-order valence-corrected chi connectivity index (χ0v) is 14.0. The zero-order valence-electron chi connectivity index (χ0n) is 14.0. The molecule has 1 N–H and O–H groups in total. The highest BCUT2D eigenvalue weighted by Crippen LogP contribution is 2.33. The van der Waals surface area contributed by atoms with Crippen molar-refractivity contribution in [2.45, 2.75) is 13.0 Å². The highest BCUT2D eigenvalue weighted by molar-refractivity contribution is 5.97. The van der Waals surface area contributed by atoms with Crippen molar-refractivity contribution in [2.24, 2.45) is 0 Å². The molecule has 4 heteroatoms. The highest BCUT2D eigenvalue weighted by Gasteiger charge is 2.23. The topological polar surface area (TPSA) is 50.7 Å². The maximum Gasteiger partial charge on any atom is 0.261 e. The molecule has 4 nitrogen and oxygen atoms in total. The van der Waals surface area contributed by atoms with Crippen molar-refractivity contribution in [2.75, 3.05) is 0 Å². The molecule has 1 aliphatic heterocycles. The summed E-state index contributed by atoms with van der Waals surface area (Å²) in [5.41, 5.74) is 4.13. The predicted octanol–water partition coefficient (Wildman–Crippen LogP) is 4.25. The minimum absolute atomic E-state index is 0.0417. The van der Waals surface area contributed by atoms with E-state index in [0.717, 1.165) is 39.7 Å². The maximum absolute atomic E-state index is 13.2. The molecule has 3 heterocycles. The molecule has 3 aromatic carbocycles. The Morgan fingerprint density at radius 3 is 2.58 bits per heavy atom. The molecule has 0 saturated carbocycles. The average Bonchev–Trinajstić information content (AvgIpc) is 3.06. The van der Waals surface area contributed by atoms with Crippen molar-refractivity contribution in [1.82, 2.24) is 14.5 Å². The van der Waals surface area contributed by atoms with E-state index >= 15 is 0 Å². The van der Waals surface area contributed by atoms with Gasteiger partial charge in [0.25, 0.3) is 5.56 Å². The van der Waals surface area contributed by atoms with E-state index in [4.69, 9.17) is 4.98 Å². The summed E-state index contributed by atoms with van der Waals surface area (Å²) in [6, 6.07) is 20.4. The molecule has 0 fully saturated rings. The molecular weight excluding hydrogens is 322 g/mol. The number of hydrogen-bond acceptors (Lipinski definition) is 2. The van der Waals surface area contributed by atoms with Gasteiger partial charge in [0.2, 0.25) is 0 Å². The molecule has 0 saturated heterocycles. The van der Waals surface area contributed by atoms with E-state index in [0.29, 0.717) is 11.9 Å². The van der Waals surface area contributed by atoms with E-state index in [1.807, 2.05) is 41.0 Å². The second-order valence-corrected chi connectivity index (χ2v) is 6.88. The molecule has 0 radical (unpaired) electrons. The van der Waals surface area contributed by atoms with Crippen LogP contribution in [0.5, 0.6) is 0 Å². The first-order valence-electron chi connectivity index (χ1n) is 8.83. The van der Waals surface area contributed by atoms with Gasteiger partial charge in [-0.05, 0) is 41.0 Å². The molecule has 2 aromatic heterocycles. The summed E-state index contributed by atoms with van der Waals surface area (Å²) in [5.74, 6) is 0.746. The summed E-state index contributed by atoms with van der Waals surface area (Å²) in [6.07, 6.45) is 0.840. The molecule has 0 unspecified atom stereocenters. The van der Waals surface area contributed by atoms with E-state index in [9.17, 15) is 4.79 Å². The van der Waals surface area contributed by atoms with Crippen molar-refractivity contribution < 1.29 is 0 Å². The van der Waals surface area contributed by atoms with Gasteiger partial charge in [-0.15, -0.1) is 0 Å². The summed E-state index contributed by atoms with van der Waals surface area (Å²) >= 11 is 0. The molecule has 124 valence electrons. The maximum atomic E-state index is 13.2. The lowest BCUT2D eigenvalue weighted by Gasteiger charge is -2.19. The normalized spacial score (nSPS) is 13.2. The number of aromatic amines is 1. The second kappa shape index (κ2) is 4.82. The molecule has 26 heavy (non-hydrogen) atoms. The lowest BCUT2D eigenvalue weighted by Crippen LogP contribution is -2.27. The summed E-state index contributed by atoms with van der Waals surface area (Å²) in [5, 5.41) is 4.08. The van der Waals surface area contributed by atoms with Gasteiger partial charge in [-0.25, -0.2) is 4.98 Å². The van der Waals surface area contributed by atoms with Crippen LogP contribution >= 0.6 is 0 Å². The van der Waals surface area contributed by atoms with E-state index in [1.54, 1.807) is 0 Å². The van der Waals surface area contributed by atoms with E-state index < -0.39 is 0 Å². The summed E-state index contributed by atoms with van der Waals surface area (Å²) in [6.45, 7) is 0.665. The number of H-pyrrole nitrogens is 1. The smallest absolute Gasteiger partial charge is 0.261 e. The molecule has 0 aliphatic carbocycles. The molecule has 0 spiro atoms. The highest BCUT2D eigenvalue weighted by atomic mass is 16.1. The van der Waals surface area contributed by atoms with Crippen LogP contribution in [-0.4, -0.2) is 14.5 Å². The van der Waals surface area contributed by atoms with Gasteiger partial charge < -0.3 is 4.98 Å². The van der Waals surface area contributed by atoms with Crippen molar-refractivity contribution in [3.8, 4) is 11.5 Å². The third kappa shape index (κ3) is 1.73. The number of para-hydroxylation sites is 1. The Balaban J connectivity index is 1.74. The number of benzene rings is 3. The van der Waals surface area contributed by atoms with Crippen molar-refractivity contribution >= 4 is 32.6 Å². The van der Waals surface area contributed by atoms with Gasteiger partial charge in [0, 0.05) is 17.4 Å². The van der Waals surface area contributed by atoms with Crippen LogP contribution in [0, 0.1) is 0 Å². The summed E-state index contributed by atoms with van der Waals surface area (Å²) < 4.78 is 1.81. The minimum atomic E-state index is 0.0417. The molecule has 0 atom stereocenters. The SMILES string of the molecule is O=c1c2cc3ccccc3cc2nc2n1CCc1c-2[nH]c2ccccc12. The Labute approximate surface area is 148 Å². The third-order valence-corrected chi connectivity index (χ3v) is 5.44. The fraction of sp³-hybridized carbons (Fsp3) is 0.0909. The lowest BCUT2D eigenvalue weighted by molar-refractivity contribution is 0.653. The van der Waals surface area contributed by atoms with Crippen LogP contribution < -0.4 is 5.56 Å². The number of fused-ring (bicyclic) bond motifs is 7. The predicted molar refractivity (Wildman–Crippen MR) is 105 cm³/mol. The van der Waals surface area contributed by atoms with Crippen molar-refractivity contribution in [3.05, 3.63) is 76.6 Å².